The van der Waals surface area contributed by atoms with Crippen LogP contribution in [0.3, 0.4) is 0 Å². The smallest absolute Gasteiger partial charge is 0.243 e. The van der Waals surface area contributed by atoms with Crippen molar-refractivity contribution < 1.29 is 22.8 Å². The summed E-state index contributed by atoms with van der Waals surface area (Å²) in [5.74, 6) is -1.15. The normalized spacial score (nSPS) is 24.5. The lowest BCUT2D eigenvalue weighted by molar-refractivity contribution is -0.141. The van der Waals surface area contributed by atoms with Crippen molar-refractivity contribution in [3.8, 4) is 0 Å². The summed E-state index contributed by atoms with van der Waals surface area (Å²) in [4.78, 5) is 40.6. The first kappa shape index (κ1) is 22.0. The average Bonchev–Trinajstić information content (AvgIpc) is 3.02. The minimum atomic E-state index is -3.65. The van der Waals surface area contributed by atoms with E-state index in [-0.39, 0.29) is 73.6 Å². The van der Waals surface area contributed by atoms with Gasteiger partial charge in [-0.2, -0.15) is 4.31 Å². The molecule has 2 aliphatic heterocycles. The number of fused-ring (bicyclic) bond motifs is 1. The number of piperazine rings is 1. The van der Waals surface area contributed by atoms with Crippen molar-refractivity contribution >= 4 is 39.3 Å². The Kier molecular flexibility index (Phi) is 6.18. The summed E-state index contributed by atoms with van der Waals surface area (Å²) in [6.45, 7) is 0.987. The number of hydrogen-bond acceptors (Lipinski definition) is 5. The molecule has 2 heterocycles. The molecule has 0 saturated carbocycles. The molecule has 2 saturated heterocycles. The standard InChI is InChI=1S/C21H24ClN3O5S/c22-15-5-7-16(8-6-15)31(29,30)24-13-11-23(12-14-24)19(26)9-10-25-20(27)17-3-1-2-4-18(17)21(25)28/h1-2,5-8,17-18H,3-4,9-14H2/t17-,18-/m1/s1. The molecule has 4 rings (SSSR count). The molecule has 0 spiro atoms. The van der Waals surface area contributed by atoms with Gasteiger partial charge in [-0.3, -0.25) is 19.3 Å². The van der Waals surface area contributed by atoms with E-state index in [2.05, 4.69) is 0 Å². The summed E-state index contributed by atoms with van der Waals surface area (Å²) >= 11 is 5.83. The fraction of sp³-hybridized carbons (Fsp3) is 0.476. The van der Waals surface area contributed by atoms with Gasteiger partial charge in [0, 0.05) is 44.2 Å². The third kappa shape index (κ3) is 4.26. The van der Waals surface area contributed by atoms with Gasteiger partial charge < -0.3 is 4.90 Å². The van der Waals surface area contributed by atoms with Gasteiger partial charge in [-0.25, -0.2) is 8.42 Å². The third-order valence-electron chi connectivity index (χ3n) is 6.19. The van der Waals surface area contributed by atoms with Crippen molar-refractivity contribution in [3.63, 3.8) is 0 Å². The van der Waals surface area contributed by atoms with Crippen molar-refractivity contribution in [2.45, 2.75) is 24.2 Å². The molecule has 1 aromatic carbocycles. The zero-order chi connectivity index (χ0) is 22.2. The number of sulfonamides is 1. The second-order valence-corrected chi connectivity index (χ2v) is 10.3. The topological polar surface area (TPSA) is 95.1 Å². The Balaban J connectivity index is 1.30. The fourth-order valence-corrected chi connectivity index (χ4v) is 5.94. The molecule has 3 aliphatic rings. The molecule has 31 heavy (non-hydrogen) atoms. The lowest BCUT2D eigenvalue weighted by atomic mass is 9.85. The first-order chi connectivity index (χ1) is 14.8. The van der Waals surface area contributed by atoms with Gasteiger partial charge in [-0.05, 0) is 37.1 Å². The Hall–Kier alpha value is -2.23. The molecule has 0 unspecified atom stereocenters. The number of halogens is 1. The number of benzene rings is 1. The van der Waals surface area contributed by atoms with Crippen LogP contribution in [-0.4, -0.2) is 73.0 Å². The minimum absolute atomic E-state index is 0.0499. The fourth-order valence-electron chi connectivity index (χ4n) is 4.39. The molecule has 0 radical (unpaired) electrons. The molecule has 8 nitrogen and oxygen atoms in total. The van der Waals surface area contributed by atoms with E-state index in [1.807, 2.05) is 12.2 Å². The summed E-state index contributed by atoms with van der Waals surface area (Å²) in [6, 6.07) is 5.99. The van der Waals surface area contributed by atoms with Gasteiger partial charge >= 0.3 is 0 Å². The number of rotatable bonds is 5. The van der Waals surface area contributed by atoms with Crippen molar-refractivity contribution in [3.05, 3.63) is 41.4 Å². The zero-order valence-corrected chi connectivity index (χ0v) is 18.5. The van der Waals surface area contributed by atoms with E-state index in [4.69, 9.17) is 11.6 Å². The van der Waals surface area contributed by atoms with Crippen LogP contribution in [0.2, 0.25) is 5.02 Å². The van der Waals surface area contributed by atoms with Crippen LogP contribution in [0.5, 0.6) is 0 Å². The molecule has 3 amide bonds. The highest BCUT2D eigenvalue weighted by Gasteiger charge is 2.47. The van der Waals surface area contributed by atoms with E-state index in [0.29, 0.717) is 17.9 Å². The minimum Gasteiger partial charge on any atom is -0.340 e. The number of carbonyl (C=O) groups is 3. The summed E-state index contributed by atoms with van der Waals surface area (Å²) in [7, 11) is -3.65. The molecule has 2 atom stereocenters. The maximum Gasteiger partial charge on any atom is 0.243 e. The van der Waals surface area contributed by atoms with Crippen LogP contribution >= 0.6 is 11.6 Å². The number of amides is 3. The second-order valence-electron chi connectivity index (χ2n) is 7.97. The number of carbonyl (C=O) groups excluding carboxylic acids is 3. The highest BCUT2D eigenvalue weighted by molar-refractivity contribution is 7.89. The van der Waals surface area contributed by atoms with Gasteiger partial charge in [0.1, 0.15) is 0 Å². The lowest BCUT2D eigenvalue weighted by Crippen LogP contribution is -2.51. The van der Waals surface area contributed by atoms with E-state index >= 15 is 0 Å². The predicted octanol–water partition coefficient (Wildman–Crippen LogP) is 1.51. The highest BCUT2D eigenvalue weighted by atomic mass is 35.5. The maximum atomic E-state index is 12.8. The summed E-state index contributed by atoms with van der Waals surface area (Å²) in [5.41, 5.74) is 0. The van der Waals surface area contributed by atoms with Crippen LogP contribution in [0.1, 0.15) is 19.3 Å². The van der Waals surface area contributed by atoms with E-state index in [1.54, 1.807) is 4.90 Å². The number of allylic oxidation sites excluding steroid dienone is 2. The monoisotopic (exact) mass is 465 g/mol. The Morgan fingerprint density at radius 3 is 2.03 bits per heavy atom. The van der Waals surface area contributed by atoms with Gasteiger partial charge in [0.05, 0.1) is 16.7 Å². The van der Waals surface area contributed by atoms with Gasteiger partial charge in [-0.15, -0.1) is 0 Å². The third-order valence-corrected chi connectivity index (χ3v) is 8.36. The Morgan fingerprint density at radius 2 is 1.48 bits per heavy atom. The number of hydrogen-bond donors (Lipinski definition) is 0. The Labute approximate surface area is 186 Å². The van der Waals surface area contributed by atoms with Crippen LogP contribution in [0.15, 0.2) is 41.3 Å². The van der Waals surface area contributed by atoms with Gasteiger partial charge in [0.25, 0.3) is 0 Å². The van der Waals surface area contributed by atoms with Gasteiger partial charge in [0.2, 0.25) is 27.7 Å². The molecule has 1 aromatic rings. The number of nitrogens with zero attached hydrogens (tertiary/aromatic N) is 3. The van der Waals surface area contributed by atoms with E-state index in [1.165, 1.54) is 33.5 Å². The first-order valence-corrected chi connectivity index (χ1v) is 12.1. The molecule has 2 fully saturated rings. The largest absolute Gasteiger partial charge is 0.340 e. The Morgan fingerprint density at radius 1 is 0.935 bits per heavy atom. The summed E-state index contributed by atoms with van der Waals surface area (Å²) < 4.78 is 26.9. The lowest BCUT2D eigenvalue weighted by Gasteiger charge is -2.34. The molecule has 166 valence electrons. The first-order valence-electron chi connectivity index (χ1n) is 10.3. The van der Waals surface area contributed by atoms with Crippen molar-refractivity contribution in [2.24, 2.45) is 11.8 Å². The molecular weight excluding hydrogens is 442 g/mol. The van der Waals surface area contributed by atoms with E-state index in [0.717, 1.165) is 0 Å². The number of likely N-dealkylation sites (tertiary alicyclic amines) is 1. The zero-order valence-electron chi connectivity index (χ0n) is 16.9. The van der Waals surface area contributed by atoms with Crippen molar-refractivity contribution in [1.82, 2.24) is 14.1 Å². The molecule has 0 aromatic heterocycles. The molecule has 0 bridgehead atoms. The number of imide groups is 1. The van der Waals surface area contributed by atoms with Crippen LogP contribution in [-0.2, 0) is 24.4 Å². The summed E-state index contributed by atoms with van der Waals surface area (Å²) in [5, 5.41) is 0.458. The second kappa shape index (κ2) is 8.72. The van der Waals surface area contributed by atoms with E-state index in [9.17, 15) is 22.8 Å². The average molecular weight is 466 g/mol. The Bertz CT molecular complexity index is 990. The molecular formula is C21H24ClN3O5S. The van der Waals surface area contributed by atoms with Crippen LogP contribution in [0.25, 0.3) is 0 Å². The molecule has 10 heteroatoms. The van der Waals surface area contributed by atoms with Crippen molar-refractivity contribution in [2.75, 3.05) is 32.7 Å². The van der Waals surface area contributed by atoms with Crippen LogP contribution in [0, 0.1) is 11.8 Å². The SMILES string of the molecule is O=C(CCN1C(=O)[C@@H]2CC=CC[C@H]2C1=O)N1CCN(S(=O)(=O)c2ccc(Cl)cc2)CC1. The maximum absolute atomic E-state index is 12.8. The van der Waals surface area contributed by atoms with Crippen LogP contribution in [0.4, 0.5) is 0 Å². The van der Waals surface area contributed by atoms with Crippen LogP contribution < -0.4 is 0 Å². The molecule has 1 aliphatic carbocycles. The van der Waals surface area contributed by atoms with Gasteiger partial charge in [-0.1, -0.05) is 23.8 Å². The summed E-state index contributed by atoms with van der Waals surface area (Å²) in [6.07, 6.45) is 5.05. The quantitative estimate of drug-likeness (QED) is 0.485. The van der Waals surface area contributed by atoms with Crippen molar-refractivity contribution in [1.29, 1.82) is 0 Å². The van der Waals surface area contributed by atoms with E-state index < -0.39 is 10.0 Å². The van der Waals surface area contributed by atoms with Gasteiger partial charge in [0.15, 0.2) is 0 Å². The molecule has 0 N–H and O–H groups in total. The predicted molar refractivity (Wildman–Crippen MR) is 113 cm³/mol. The highest BCUT2D eigenvalue weighted by Crippen LogP contribution is 2.35.